The smallest absolute Gasteiger partial charge is 0.271 e. The second-order valence-electron chi connectivity index (χ2n) is 4.53. The third-order valence-corrected chi connectivity index (χ3v) is 3.10. The van der Waals surface area contributed by atoms with E-state index in [2.05, 4.69) is 17.5 Å². The van der Waals surface area contributed by atoms with Gasteiger partial charge in [0, 0.05) is 5.56 Å². The summed E-state index contributed by atoms with van der Waals surface area (Å²) in [6, 6.07) is 14.9. The SMILES string of the molecule is CCc1ccc(C(=O)N/N=C\c2cccc(OC)c2)cc1. The molecule has 0 aliphatic carbocycles. The monoisotopic (exact) mass is 282 g/mol. The molecule has 0 aromatic heterocycles. The Morgan fingerprint density at radius 2 is 2.00 bits per heavy atom. The number of hydrogen-bond donors (Lipinski definition) is 1. The lowest BCUT2D eigenvalue weighted by atomic mass is 10.1. The molecule has 0 spiro atoms. The van der Waals surface area contributed by atoms with Crippen LogP contribution in [-0.2, 0) is 6.42 Å². The fraction of sp³-hybridized carbons (Fsp3) is 0.176. The van der Waals surface area contributed by atoms with Crippen molar-refractivity contribution in [1.29, 1.82) is 0 Å². The number of methoxy groups -OCH3 is 1. The summed E-state index contributed by atoms with van der Waals surface area (Å²) >= 11 is 0. The van der Waals surface area contributed by atoms with E-state index in [1.165, 1.54) is 5.56 Å². The van der Waals surface area contributed by atoms with Crippen molar-refractivity contribution in [2.75, 3.05) is 7.11 Å². The minimum Gasteiger partial charge on any atom is -0.497 e. The molecule has 0 saturated heterocycles. The average molecular weight is 282 g/mol. The standard InChI is InChI=1S/C17H18N2O2/c1-3-13-7-9-15(10-8-13)17(20)19-18-12-14-5-4-6-16(11-14)21-2/h4-12H,3H2,1-2H3,(H,19,20)/b18-12-. The predicted octanol–water partition coefficient (Wildman–Crippen LogP) is 3.02. The van der Waals surface area contributed by atoms with Crippen molar-refractivity contribution in [1.82, 2.24) is 5.43 Å². The van der Waals surface area contributed by atoms with Crippen LogP contribution in [0.25, 0.3) is 0 Å². The lowest BCUT2D eigenvalue weighted by molar-refractivity contribution is 0.0955. The molecule has 2 aromatic carbocycles. The van der Waals surface area contributed by atoms with E-state index < -0.39 is 0 Å². The maximum Gasteiger partial charge on any atom is 0.271 e. The summed E-state index contributed by atoms with van der Waals surface area (Å²) in [5.74, 6) is 0.525. The van der Waals surface area contributed by atoms with Gasteiger partial charge in [0.1, 0.15) is 5.75 Å². The second kappa shape index (κ2) is 7.24. The fourth-order valence-electron chi connectivity index (χ4n) is 1.84. The normalized spacial score (nSPS) is 10.6. The maximum atomic E-state index is 11.9. The van der Waals surface area contributed by atoms with Crippen molar-refractivity contribution in [3.8, 4) is 5.75 Å². The van der Waals surface area contributed by atoms with Crippen molar-refractivity contribution < 1.29 is 9.53 Å². The number of nitrogens with zero attached hydrogens (tertiary/aromatic N) is 1. The van der Waals surface area contributed by atoms with Gasteiger partial charge in [0.05, 0.1) is 13.3 Å². The number of nitrogens with one attached hydrogen (secondary N) is 1. The predicted molar refractivity (Wildman–Crippen MR) is 83.9 cm³/mol. The third kappa shape index (κ3) is 4.18. The van der Waals surface area contributed by atoms with E-state index in [0.29, 0.717) is 5.56 Å². The summed E-state index contributed by atoms with van der Waals surface area (Å²) in [5.41, 5.74) is 5.16. The average Bonchev–Trinajstić information content (AvgIpc) is 2.55. The molecule has 0 unspecified atom stereocenters. The Kier molecular flexibility index (Phi) is 5.10. The number of carbonyl (C=O) groups excluding carboxylic acids is 1. The van der Waals surface area contributed by atoms with Gasteiger partial charge < -0.3 is 4.74 Å². The summed E-state index contributed by atoms with van der Waals surface area (Å²) in [4.78, 5) is 11.9. The maximum absolute atomic E-state index is 11.9. The Labute approximate surface area is 124 Å². The first-order valence-corrected chi connectivity index (χ1v) is 6.79. The third-order valence-electron chi connectivity index (χ3n) is 3.10. The molecule has 0 bridgehead atoms. The Balaban J connectivity index is 1.97. The Hall–Kier alpha value is -2.62. The van der Waals surface area contributed by atoms with Gasteiger partial charge >= 0.3 is 0 Å². The first-order valence-electron chi connectivity index (χ1n) is 6.79. The Morgan fingerprint density at radius 3 is 2.67 bits per heavy atom. The molecule has 0 aliphatic rings. The minimum atomic E-state index is -0.225. The van der Waals surface area contributed by atoms with Gasteiger partial charge in [-0.3, -0.25) is 4.79 Å². The first-order chi connectivity index (χ1) is 10.2. The molecule has 0 atom stereocenters. The highest BCUT2D eigenvalue weighted by atomic mass is 16.5. The largest absolute Gasteiger partial charge is 0.497 e. The molecule has 2 rings (SSSR count). The van der Waals surface area contributed by atoms with Crippen molar-refractivity contribution in [2.24, 2.45) is 5.10 Å². The van der Waals surface area contributed by atoms with Crippen molar-refractivity contribution in [3.63, 3.8) is 0 Å². The minimum absolute atomic E-state index is 0.225. The summed E-state index contributed by atoms with van der Waals surface area (Å²) in [7, 11) is 1.61. The fourth-order valence-corrected chi connectivity index (χ4v) is 1.84. The quantitative estimate of drug-likeness (QED) is 0.677. The molecule has 4 nitrogen and oxygen atoms in total. The van der Waals surface area contributed by atoms with E-state index in [4.69, 9.17) is 4.74 Å². The van der Waals surface area contributed by atoms with Crippen LogP contribution in [0.15, 0.2) is 53.6 Å². The van der Waals surface area contributed by atoms with Gasteiger partial charge in [-0.15, -0.1) is 0 Å². The van der Waals surface area contributed by atoms with Gasteiger partial charge in [-0.2, -0.15) is 5.10 Å². The molecule has 2 aromatic rings. The van der Waals surface area contributed by atoms with Crippen LogP contribution in [0.3, 0.4) is 0 Å². The van der Waals surface area contributed by atoms with Crippen LogP contribution in [0, 0.1) is 0 Å². The summed E-state index contributed by atoms with van der Waals surface area (Å²) in [5, 5.41) is 3.96. The zero-order valence-electron chi connectivity index (χ0n) is 12.2. The number of benzene rings is 2. The van der Waals surface area contributed by atoms with Gasteiger partial charge in [-0.05, 0) is 41.8 Å². The molecular weight excluding hydrogens is 264 g/mol. The number of ether oxygens (including phenoxy) is 1. The molecule has 21 heavy (non-hydrogen) atoms. The Morgan fingerprint density at radius 1 is 1.24 bits per heavy atom. The van der Waals surface area contributed by atoms with Crippen LogP contribution in [0.1, 0.15) is 28.4 Å². The van der Waals surface area contributed by atoms with E-state index in [0.717, 1.165) is 17.7 Å². The lowest BCUT2D eigenvalue weighted by Gasteiger charge is -2.02. The summed E-state index contributed by atoms with van der Waals surface area (Å²) < 4.78 is 5.12. The van der Waals surface area contributed by atoms with E-state index in [1.807, 2.05) is 36.4 Å². The number of aryl methyl sites for hydroxylation is 1. The highest BCUT2D eigenvalue weighted by Gasteiger charge is 2.03. The second-order valence-corrected chi connectivity index (χ2v) is 4.53. The van der Waals surface area contributed by atoms with Crippen LogP contribution < -0.4 is 10.2 Å². The first kappa shape index (κ1) is 14.8. The van der Waals surface area contributed by atoms with E-state index in [1.54, 1.807) is 25.5 Å². The number of hydrazone groups is 1. The zero-order valence-corrected chi connectivity index (χ0v) is 12.2. The van der Waals surface area contributed by atoms with Crippen molar-refractivity contribution in [2.45, 2.75) is 13.3 Å². The lowest BCUT2D eigenvalue weighted by Crippen LogP contribution is -2.17. The van der Waals surface area contributed by atoms with E-state index in [9.17, 15) is 4.79 Å². The molecule has 0 heterocycles. The van der Waals surface area contributed by atoms with Crippen molar-refractivity contribution >= 4 is 12.1 Å². The Bertz CT molecular complexity index is 633. The molecule has 1 N–H and O–H groups in total. The molecular formula is C17H18N2O2. The van der Waals surface area contributed by atoms with Crippen LogP contribution in [-0.4, -0.2) is 19.2 Å². The molecule has 108 valence electrons. The van der Waals surface area contributed by atoms with Crippen LogP contribution in [0.4, 0.5) is 0 Å². The molecule has 0 radical (unpaired) electrons. The van der Waals surface area contributed by atoms with Gasteiger partial charge in [0.2, 0.25) is 0 Å². The molecule has 0 fully saturated rings. The highest BCUT2D eigenvalue weighted by Crippen LogP contribution is 2.10. The number of amides is 1. The summed E-state index contributed by atoms with van der Waals surface area (Å²) in [6.07, 6.45) is 2.54. The van der Waals surface area contributed by atoms with E-state index in [-0.39, 0.29) is 5.91 Å². The van der Waals surface area contributed by atoms with Gasteiger partial charge in [-0.1, -0.05) is 31.2 Å². The highest BCUT2D eigenvalue weighted by molar-refractivity contribution is 5.94. The zero-order chi connectivity index (χ0) is 15.1. The van der Waals surface area contributed by atoms with Crippen LogP contribution >= 0.6 is 0 Å². The number of carbonyl (C=O) groups is 1. The van der Waals surface area contributed by atoms with Crippen LogP contribution in [0.2, 0.25) is 0 Å². The summed E-state index contributed by atoms with van der Waals surface area (Å²) in [6.45, 7) is 2.08. The molecule has 1 amide bonds. The van der Waals surface area contributed by atoms with Gasteiger partial charge in [0.25, 0.3) is 5.91 Å². The van der Waals surface area contributed by atoms with E-state index >= 15 is 0 Å². The molecule has 0 aliphatic heterocycles. The molecule has 0 saturated carbocycles. The molecule has 4 heteroatoms. The van der Waals surface area contributed by atoms with Gasteiger partial charge in [0.15, 0.2) is 0 Å². The van der Waals surface area contributed by atoms with Crippen molar-refractivity contribution in [3.05, 3.63) is 65.2 Å². The number of hydrogen-bond acceptors (Lipinski definition) is 3. The topological polar surface area (TPSA) is 50.7 Å². The number of rotatable bonds is 5. The van der Waals surface area contributed by atoms with Gasteiger partial charge in [-0.25, -0.2) is 5.43 Å². The van der Waals surface area contributed by atoms with Crippen LogP contribution in [0.5, 0.6) is 5.75 Å².